The van der Waals surface area contributed by atoms with Crippen molar-refractivity contribution in [3.05, 3.63) is 42.2 Å². The molecular weight excluding hydrogens is 340 g/mol. The molecule has 0 amide bonds. The van der Waals surface area contributed by atoms with Gasteiger partial charge in [0.1, 0.15) is 0 Å². The topological polar surface area (TPSA) is 84.0 Å². The lowest BCUT2D eigenvalue weighted by molar-refractivity contribution is 0.256. The van der Waals surface area contributed by atoms with Crippen molar-refractivity contribution in [2.24, 2.45) is 0 Å². The monoisotopic (exact) mass is 360 g/mol. The van der Waals surface area contributed by atoms with Crippen LogP contribution in [0.1, 0.15) is 19.4 Å². The molecule has 0 fully saturated rings. The zero-order valence-corrected chi connectivity index (χ0v) is 14.8. The summed E-state index contributed by atoms with van der Waals surface area (Å²) in [6, 6.07) is 5.79. The minimum Gasteiger partial charge on any atom is -0.359 e. The van der Waals surface area contributed by atoms with Gasteiger partial charge in [-0.15, -0.1) is 3.63 Å². The van der Waals surface area contributed by atoms with Crippen molar-refractivity contribution in [1.82, 2.24) is 9.80 Å². The molecule has 9 heteroatoms. The number of benzene rings is 1. The van der Waals surface area contributed by atoms with E-state index in [0.717, 1.165) is 12.1 Å². The van der Waals surface area contributed by atoms with Gasteiger partial charge in [-0.2, -0.15) is 16.8 Å². The lowest BCUT2D eigenvalue weighted by Crippen LogP contribution is -2.39. The summed E-state index contributed by atoms with van der Waals surface area (Å²) < 4.78 is 53.4. The minimum absolute atomic E-state index is 0.189. The van der Waals surface area contributed by atoms with Gasteiger partial charge in [-0.3, -0.25) is 0 Å². The summed E-state index contributed by atoms with van der Waals surface area (Å²) in [7, 11) is -8.71. The molecule has 0 saturated carbocycles. The normalized spacial score (nSPS) is 16.8. The lowest BCUT2D eigenvalue weighted by Gasteiger charge is -2.25. The van der Waals surface area contributed by atoms with E-state index in [1.54, 1.807) is 31.5 Å². The van der Waals surface area contributed by atoms with Crippen LogP contribution in [0.3, 0.4) is 0 Å². The molecule has 1 heterocycles. The molecule has 1 aliphatic heterocycles. The number of aryl methyl sites for hydroxylation is 1. The van der Waals surface area contributed by atoms with E-state index in [1.165, 1.54) is 24.0 Å². The Kier molecular flexibility index (Phi) is 5.02. The number of rotatable bonds is 6. The predicted octanol–water partition coefficient (Wildman–Crippen LogP) is 1.44. The first-order valence-corrected chi connectivity index (χ1v) is 9.98. The van der Waals surface area contributed by atoms with Gasteiger partial charge in [0, 0.05) is 18.9 Å². The Balaban J connectivity index is 2.17. The fraction of sp³-hybridized carbons (Fsp3) is 0.429. The molecule has 0 spiro atoms. The zero-order chi connectivity index (χ0) is 17.3. The van der Waals surface area contributed by atoms with Crippen LogP contribution < -0.4 is 0 Å². The maximum Gasteiger partial charge on any atom is 0.311 e. The van der Waals surface area contributed by atoms with Crippen LogP contribution in [0.5, 0.6) is 0 Å². The van der Waals surface area contributed by atoms with E-state index in [9.17, 15) is 16.8 Å². The molecule has 0 bridgehead atoms. The number of hydrogen-bond donors (Lipinski definition) is 0. The van der Waals surface area contributed by atoms with Gasteiger partial charge in [-0.25, -0.2) is 0 Å². The molecular formula is C14H20N2O5S2. The summed E-state index contributed by atoms with van der Waals surface area (Å²) in [6.45, 7) is 6.22. The van der Waals surface area contributed by atoms with Gasteiger partial charge in [-0.05, 0) is 32.9 Å². The van der Waals surface area contributed by atoms with Crippen molar-refractivity contribution < 1.29 is 20.5 Å². The fourth-order valence-electron chi connectivity index (χ4n) is 2.02. The van der Waals surface area contributed by atoms with Crippen LogP contribution in [0.25, 0.3) is 0 Å². The van der Waals surface area contributed by atoms with E-state index in [0.29, 0.717) is 6.67 Å². The summed E-state index contributed by atoms with van der Waals surface area (Å²) in [5.74, 6) is 0. The summed E-state index contributed by atoms with van der Waals surface area (Å²) in [5, 5.41) is -1.12. The third-order valence-electron chi connectivity index (χ3n) is 3.60. The first-order chi connectivity index (χ1) is 10.7. The molecule has 7 nitrogen and oxygen atoms in total. The lowest BCUT2D eigenvalue weighted by atomic mass is 10.2. The van der Waals surface area contributed by atoms with Crippen LogP contribution in [-0.4, -0.2) is 45.2 Å². The molecule has 0 aliphatic carbocycles. The Morgan fingerprint density at radius 1 is 1.13 bits per heavy atom. The third-order valence-corrected chi connectivity index (χ3v) is 7.03. The summed E-state index contributed by atoms with van der Waals surface area (Å²) in [4.78, 5) is 3.20. The summed E-state index contributed by atoms with van der Waals surface area (Å²) in [5.41, 5.74) is 0.863. The Labute approximate surface area is 137 Å². The van der Waals surface area contributed by atoms with Gasteiger partial charge in [0.05, 0.1) is 11.6 Å². The quantitative estimate of drug-likeness (QED) is 0.759. The smallest absolute Gasteiger partial charge is 0.311 e. The van der Waals surface area contributed by atoms with Crippen molar-refractivity contribution in [2.45, 2.75) is 31.0 Å². The van der Waals surface area contributed by atoms with Crippen molar-refractivity contribution in [3.8, 4) is 0 Å². The van der Waals surface area contributed by atoms with Crippen LogP contribution >= 0.6 is 0 Å². The summed E-state index contributed by atoms with van der Waals surface area (Å²) >= 11 is 0. The van der Waals surface area contributed by atoms with Crippen molar-refractivity contribution in [2.75, 3.05) is 13.2 Å². The Morgan fingerprint density at radius 2 is 1.74 bits per heavy atom. The van der Waals surface area contributed by atoms with E-state index >= 15 is 0 Å². The molecule has 1 aliphatic rings. The highest BCUT2D eigenvalue weighted by Gasteiger charge is 2.34. The Bertz CT molecular complexity index is 785. The molecule has 1 aromatic rings. The van der Waals surface area contributed by atoms with Gasteiger partial charge < -0.3 is 9.80 Å². The third kappa shape index (κ3) is 4.04. The predicted molar refractivity (Wildman–Crippen MR) is 86.1 cm³/mol. The molecule has 1 aromatic carbocycles. The number of hydrogen-bond acceptors (Lipinski definition) is 7. The van der Waals surface area contributed by atoms with E-state index in [-0.39, 0.29) is 4.90 Å². The van der Waals surface area contributed by atoms with E-state index < -0.39 is 25.6 Å². The van der Waals surface area contributed by atoms with Gasteiger partial charge in [-0.1, -0.05) is 17.7 Å². The number of nitrogens with zero attached hydrogens (tertiary/aromatic N) is 2. The largest absolute Gasteiger partial charge is 0.359 e. The standard InChI is InChI=1S/C14H20N2O5S2/c1-4-15-9-10-16(11-15)13(3)22(17,18)21-23(19,20)14-7-5-12(2)6-8-14/h5-10,13H,4,11H2,1-3H3. The minimum atomic E-state index is -4.38. The van der Waals surface area contributed by atoms with E-state index in [4.69, 9.17) is 0 Å². The van der Waals surface area contributed by atoms with Gasteiger partial charge in [0.25, 0.3) is 0 Å². The van der Waals surface area contributed by atoms with Gasteiger partial charge in [0.2, 0.25) is 0 Å². The fourth-order valence-corrected chi connectivity index (χ4v) is 4.72. The van der Waals surface area contributed by atoms with Crippen molar-refractivity contribution in [1.29, 1.82) is 0 Å². The molecule has 2 rings (SSSR count). The highest BCUT2D eigenvalue weighted by molar-refractivity contribution is 8.00. The van der Waals surface area contributed by atoms with Crippen LogP contribution in [0, 0.1) is 6.92 Å². The van der Waals surface area contributed by atoms with Gasteiger partial charge in [0.15, 0.2) is 5.37 Å². The summed E-state index contributed by atoms with van der Waals surface area (Å²) in [6.07, 6.45) is 3.36. The molecule has 0 radical (unpaired) electrons. The first kappa shape index (κ1) is 17.8. The SMILES string of the molecule is CCN1C=CN(C(C)S(=O)(=O)OS(=O)(=O)c2ccc(C)cc2)C1. The maximum absolute atomic E-state index is 12.3. The van der Waals surface area contributed by atoms with Crippen LogP contribution in [0.2, 0.25) is 0 Å². The second-order valence-electron chi connectivity index (χ2n) is 5.29. The van der Waals surface area contributed by atoms with Crippen molar-refractivity contribution in [3.63, 3.8) is 0 Å². The van der Waals surface area contributed by atoms with E-state index in [1.807, 2.05) is 11.8 Å². The van der Waals surface area contributed by atoms with Crippen LogP contribution in [0.4, 0.5) is 0 Å². The van der Waals surface area contributed by atoms with Crippen LogP contribution in [-0.2, 0) is 23.9 Å². The Morgan fingerprint density at radius 3 is 2.26 bits per heavy atom. The average Bonchev–Trinajstić information content (AvgIpc) is 2.94. The second-order valence-corrected chi connectivity index (χ2v) is 8.88. The van der Waals surface area contributed by atoms with Crippen molar-refractivity contribution >= 4 is 20.2 Å². The molecule has 1 atom stereocenters. The molecule has 0 saturated heterocycles. The Hall–Kier alpha value is -1.58. The molecule has 0 aromatic heterocycles. The average molecular weight is 360 g/mol. The zero-order valence-electron chi connectivity index (χ0n) is 13.2. The van der Waals surface area contributed by atoms with Crippen LogP contribution in [0.15, 0.2) is 41.6 Å². The molecule has 1 unspecified atom stereocenters. The molecule has 23 heavy (non-hydrogen) atoms. The molecule has 128 valence electrons. The highest BCUT2D eigenvalue weighted by Crippen LogP contribution is 2.21. The second kappa shape index (κ2) is 6.50. The highest BCUT2D eigenvalue weighted by atomic mass is 32.3. The maximum atomic E-state index is 12.3. The van der Waals surface area contributed by atoms with Gasteiger partial charge >= 0.3 is 20.2 Å². The molecule has 0 N–H and O–H groups in total. The van der Waals surface area contributed by atoms with E-state index in [2.05, 4.69) is 3.63 Å². The first-order valence-electron chi connectivity index (χ1n) is 7.10.